The van der Waals surface area contributed by atoms with Crippen LogP contribution in [-0.2, 0) is 23.7 Å². The Hall–Kier alpha value is -5.28. The lowest BCUT2D eigenvalue weighted by Crippen LogP contribution is -2.63. The molecule has 3 aromatic carbocycles. The molecule has 10 atom stereocenters. The van der Waals surface area contributed by atoms with E-state index in [4.69, 9.17) is 28.1 Å². The molecule has 0 unspecified atom stereocenters. The molecule has 0 bridgehead atoms. The maximum atomic E-state index is 13.4. The summed E-state index contributed by atoms with van der Waals surface area (Å²) in [4.78, 5) is 25.8. The van der Waals surface area contributed by atoms with E-state index in [1.807, 2.05) is 0 Å². The fourth-order valence-electron chi connectivity index (χ4n) is 6.32. The lowest BCUT2D eigenvalue weighted by atomic mass is 9.89. The molecule has 0 amide bonds. The molecule has 2 fully saturated rings. The minimum absolute atomic E-state index is 0.0173. The van der Waals surface area contributed by atoms with E-state index in [1.54, 1.807) is 0 Å². The van der Waals surface area contributed by atoms with E-state index in [-0.39, 0.29) is 28.6 Å². The minimum atomic E-state index is -2.03. The van der Waals surface area contributed by atoms with Gasteiger partial charge < -0.3 is 79.2 Å². The van der Waals surface area contributed by atoms with Crippen molar-refractivity contribution in [2.75, 3.05) is 20.3 Å². The molecule has 0 spiro atoms. The first kappa shape index (κ1) is 39.4. The third-order valence-electron chi connectivity index (χ3n) is 9.28. The second-order valence-electron chi connectivity index (χ2n) is 12.8. The molecule has 10 N–H and O–H groups in total. The normalized spacial score (nSPS) is 28.3. The Morgan fingerprint density at radius 3 is 2.22 bits per heavy atom. The summed E-state index contributed by atoms with van der Waals surface area (Å²) in [6.07, 6.45) is -16.0. The zero-order valence-electron chi connectivity index (χ0n) is 28.8. The number of benzene rings is 3. The molecule has 2 aliphatic rings. The predicted molar refractivity (Wildman–Crippen MR) is 186 cm³/mol. The first-order valence-electron chi connectivity index (χ1n) is 16.7. The van der Waals surface area contributed by atoms with Gasteiger partial charge in [0.15, 0.2) is 23.2 Å². The van der Waals surface area contributed by atoms with Gasteiger partial charge in [0.25, 0.3) is 0 Å². The van der Waals surface area contributed by atoms with Crippen LogP contribution < -0.4 is 10.2 Å². The number of hydrogen-bond acceptors (Lipinski definition) is 18. The topological polar surface area (TPSA) is 296 Å². The van der Waals surface area contributed by atoms with Crippen molar-refractivity contribution in [3.63, 3.8) is 0 Å². The van der Waals surface area contributed by atoms with Gasteiger partial charge in [-0.05, 0) is 42.0 Å². The number of methoxy groups -OCH3 is 1. The molecular formula is C37H38O18. The highest BCUT2D eigenvalue weighted by atomic mass is 16.7. The molecule has 0 saturated carbocycles. The lowest BCUT2D eigenvalue weighted by molar-refractivity contribution is -0.342. The second-order valence-corrected chi connectivity index (χ2v) is 12.8. The Morgan fingerprint density at radius 1 is 0.818 bits per heavy atom. The van der Waals surface area contributed by atoms with E-state index in [0.29, 0.717) is 11.1 Å². The monoisotopic (exact) mass is 770 g/mol. The van der Waals surface area contributed by atoms with Crippen LogP contribution in [-0.4, -0.2) is 132 Å². The van der Waals surface area contributed by atoms with Crippen molar-refractivity contribution < 1.29 is 84.0 Å². The number of carbonyl (C=O) groups excluding carboxylic acids is 1. The highest BCUT2D eigenvalue weighted by molar-refractivity contribution is 5.88. The fourth-order valence-corrected chi connectivity index (χ4v) is 6.32. The lowest BCUT2D eigenvalue weighted by Gasteiger charge is -2.46. The summed E-state index contributed by atoms with van der Waals surface area (Å²) in [6.45, 7) is -1.55. The predicted octanol–water partition coefficient (Wildman–Crippen LogP) is -0.106. The number of phenols is 4. The van der Waals surface area contributed by atoms with E-state index in [0.717, 1.165) is 18.2 Å². The molecule has 2 aliphatic heterocycles. The standard InChI is InChI=1S/C37H38O18/c1-50-22-10-16(5-8-18(22)40)21-11-19(41)27-23(52-21)12-20(42)28(31(27)46)35-36(33(48)29(44)24(13-38)53-35)55-37-34(49)32(47)30(45)25(54-37)14-51-26(43)9-4-15-2-6-17(39)7-3-15/h2-12,24-25,29-30,32-40,42,44-49H,13-14H2,1H3/b9-4+/t24-,25+,29+,30+,32+,33-,34+,35-,36+,37-/m0/s1. The molecule has 0 aliphatic carbocycles. The van der Waals surface area contributed by atoms with E-state index >= 15 is 0 Å². The van der Waals surface area contributed by atoms with Crippen LogP contribution in [0.25, 0.3) is 28.4 Å². The molecule has 18 nitrogen and oxygen atoms in total. The molecular weight excluding hydrogens is 732 g/mol. The number of aliphatic hydroxyl groups excluding tert-OH is 6. The number of rotatable bonds is 10. The number of esters is 1. The summed E-state index contributed by atoms with van der Waals surface area (Å²) in [6, 6.07) is 12.0. The highest BCUT2D eigenvalue weighted by Gasteiger charge is 2.52. The summed E-state index contributed by atoms with van der Waals surface area (Å²) < 4.78 is 33.3. The van der Waals surface area contributed by atoms with Gasteiger partial charge in [-0.3, -0.25) is 4.79 Å². The first-order chi connectivity index (χ1) is 26.2. The van der Waals surface area contributed by atoms with Crippen LogP contribution in [0.4, 0.5) is 0 Å². The number of ether oxygens (including phenoxy) is 5. The molecule has 4 aromatic rings. The Balaban J connectivity index is 1.28. The number of carbonyl (C=O) groups is 1. The molecule has 294 valence electrons. The van der Waals surface area contributed by atoms with Crippen LogP contribution in [0.3, 0.4) is 0 Å². The van der Waals surface area contributed by atoms with Gasteiger partial charge in [-0.1, -0.05) is 12.1 Å². The Labute approximate surface area is 310 Å². The Morgan fingerprint density at radius 2 is 1.53 bits per heavy atom. The number of hydrogen-bond donors (Lipinski definition) is 10. The summed E-state index contributed by atoms with van der Waals surface area (Å²) in [5, 5.41) is 106. The average Bonchev–Trinajstić information content (AvgIpc) is 3.16. The van der Waals surface area contributed by atoms with Gasteiger partial charge in [0.1, 0.15) is 95.5 Å². The van der Waals surface area contributed by atoms with Crippen LogP contribution in [0, 0.1) is 0 Å². The quantitative estimate of drug-likeness (QED) is 0.0743. The summed E-state index contributed by atoms with van der Waals surface area (Å²) in [7, 11) is 1.32. The van der Waals surface area contributed by atoms with Gasteiger partial charge in [0.2, 0.25) is 0 Å². The van der Waals surface area contributed by atoms with Gasteiger partial charge in [-0.2, -0.15) is 0 Å². The van der Waals surface area contributed by atoms with Crippen molar-refractivity contribution in [3.05, 3.63) is 82.0 Å². The van der Waals surface area contributed by atoms with Gasteiger partial charge in [0, 0.05) is 23.8 Å². The molecule has 6 rings (SSSR count). The third-order valence-corrected chi connectivity index (χ3v) is 9.28. The second kappa shape index (κ2) is 16.2. The summed E-state index contributed by atoms with van der Waals surface area (Å²) in [5.41, 5.74) is -0.841. The summed E-state index contributed by atoms with van der Waals surface area (Å²) in [5.74, 6) is -2.68. The number of fused-ring (bicyclic) bond motifs is 1. The average molecular weight is 771 g/mol. The van der Waals surface area contributed by atoms with E-state index in [9.17, 15) is 60.7 Å². The molecule has 0 radical (unpaired) electrons. The number of aliphatic hydroxyl groups is 6. The van der Waals surface area contributed by atoms with Crippen molar-refractivity contribution in [3.8, 4) is 40.1 Å². The first-order valence-corrected chi connectivity index (χ1v) is 16.7. The Bertz CT molecular complexity index is 2100. The van der Waals surface area contributed by atoms with Crippen LogP contribution >= 0.6 is 0 Å². The smallest absolute Gasteiger partial charge is 0.330 e. The van der Waals surface area contributed by atoms with Gasteiger partial charge in [-0.25, -0.2) is 4.79 Å². The van der Waals surface area contributed by atoms with Gasteiger partial charge in [0.05, 0.1) is 19.3 Å². The number of aromatic hydroxyl groups is 4. The molecule has 3 heterocycles. The van der Waals surface area contributed by atoms with E-state index in [2.05, 4.69) is 0 Å². The van der Waals surface area contributed by atoms with Crippen LogP contribution in [0.1, 0.15) is 17.2 Å². The van der Waals surface area contributed by atoms with Crippen LogP contribution in [0.15, 0.2) is 69.9 Å². The van der Waals surface area contributed by atoms with Crippen molar-refractivity contribution in [1.82, 2.24) is 0 Å². The van der Waals surface area contributed by atoms with Crippen molar-refractivity contribution in [1.29, 1.82) is 0 Å². The zero-order valence-corrected chi connectivity index (χ0v) is 28.8. The Kier molecular flexibility index (Phi) is 11.6. The van der Waals surface area contributed by atoms with E-state index < -0.39 is 108 Å². The molecule has 1 aromatic heterocycles. The van der Waals surface area contributed by atoms with Crippen LogP contribution in [0.5, 0.6) is 28.7 Å². The van der Waals surface area contributed by atoms with E-state index in [1.165, 1.54) is 55.7 Å². The van der Waals surface area contributed by atoms with Crippen molar-refractivity contribution in [2.45, 2.75) is 61.2 Å². The van der Waals surface area contributed by atoms with Crippen molar-refractivity contribution in [2.24, 2.45) is 0 Å². The highest BCUT2D eigenvalue weighted by Crippen LogP contribution is 2.46. The number of phenolic OH excluding ortho intramolecular Hbond substituents is 4. The molecule has 55 heavy (non-hydrogen) atoms. The molecule has 18 heteroatoms. The maximum Gasteiger partial charge on any atom is 0.330 e. The largest absolute Gasteiger partial charge is 0.508 e. The summed E-state index contributed by atoms with van der Waals surface area (Å²) >= 11 is 0. The van der Waals surface area contributed by atoms with Gasteiger partial charge in [-0.15, -0.1) is 0 Å². The zero-order chi connectivity index (χ0) is 39.7. The third kappa shape index (κ3) is 7.94. The van der Waals surface area contributed by atoms with Gasteiger partial charge >= 0.3 is 5.97 Å². The fraction of sp³-hybridized carbons (Fsp3) is 0.351. The molecule has 2 saturated heterocycles. The maximum absolute atomic E-state index is 13.4. The van der Waals surface area contributed by atoms with Crippen LogP contribution in [0.2, 0.25) is 0 Å². The minimum Gasteiger partial charge on any atom is -0.508 e. The SMILES string of the molecule is COc1cc(-c2cc(=O)c3c(O)c([C@@H]4O[C@@H](CO)[C@@H](O)[C@H](O)[C@H]4O[C@@H]4O[C@H](COC(=O)/C=C/c5ccc(O)cc5)[C@@H](O)[C@@H](O)[C@H]4O)c(O)cc3o2)ccc1O. The van der Waals surface area contributed by atoms with Crippen molar-refractivity contribution >= 4 is 23.0 Å².